The molecular weight excluding hydrogens is 296 g/mol. The second-order valence-electron chi connectivity index (χ2n) is 5.88. The van der Waals surface area contributed by atoms with Gasteiger partial charge >= 0.3 is 5.69 Å². The van der Waals surface area contributed by atoms with Gasteiger partial charge in [0.05, 0.1) is 0 Å². The van der Waals surface area contributed by atoms with Crippen LogP contribution in [0, 0.1) is 5.92 Å². The zero-order valence-electron chi connectivity index (χ0n) is 13.7. The average molecular weight is 320 g/mol. The smallest absolute Gasteiger partial charge is 0.330 e. The molecule has 0 unspecified atom stereocenters. The number of allylic oxidation sites excluding steroid dienone is 2. The van der Waals surface area contributed by atoms with Gasteiger partial charge in [-0.25, -0.2) is 4.79 Å². The van der Waals surface area contributed by atoms with Crippen LogP contribution in [0.5, 0.6) is 0 Å². The van der Waals surface area contributed by atoms with Crippen LogP contribution in [0.25, 0.3) is 0 Å². The van der Waals surface area contributed by atoms with Crippen molar-refractivity contribution in [2.24, 2.45) is 5.92 Å². The molecule has 1 aliphatic carbocycles. The molecule has 23 heavy (non-hydrogen) atoms. The Labute approximate surface area is 134 Å². The van der Waals surface area contributed by atoms with E-state index in [1.54, 1.807) is 0 Å². The molecule has 2 rings (SSSR count). The summed E-state index contributed by atoms with van der Waals surface area (Å²) >= 11 is 0. The predicted molar refractivity (Wildman–Crippen MR) is 90.5 cm³/mol. The number of aromatic nitrogens is 2. The van der Waals surface area contributed by atoms with Gasteiger partial charge < -0.3 is 10.6 Å². The number of nitrogens with one attached hydrogen (secondary N) is 1. The van der Waals surface area contributed by atoms with Gasteiger partial charge in [0.15, 0.2) is 5.69 Å². The summed E-state index contributed by atoms with van der Waals surface area (Å²) in [6.07, 6.45) is 7.96. The van der Waals surface area contributed by atoms with Gasteiger partial charge in [0.2, 0.25) is 5.91 Å². The third kappa shape index (κ3) is 3.55. The van der Waals surface area contributed by atoms with E-state index in [1.165, 1.54) is 16.5 Å². The molecule has 0 bridgehead atoms. The molecule has 1 heterocycles. The highest BCUT2D eigenvalue weighted by Crippen LogP contribution is 2.24. The van der Waals surface area contributed by atoms with Gasteiger partial charge in [0, 0.05) is 19.5 Å². The summed E-state index contributed by atoms with van der Waals surface area (Å²) in [6, 6.07) is 0. The lowest BCUT2D eigenvalue weighted by molar-refractivity contribution is -0.122. The van der Waals surface area contributed by atoms with Crippen LogP contribution in [-0.4, -0.2) is 22.5 Å². The predicted octanol–water partition coefficient (Wildman–Crippen LogP) is 1.24. The topological polar surface area (TPSA) is 101 Å². The molecule has 1 atom stereocenters. The van der Waals surface area contributed by atoms with E-state index in [4.69, 9.17) is 5.73 Å². The van der Waals surface area contributed by atoms with Crippen LogP contribution in [0.4, 0.5) is 11.5 Å². The maximum atomic E-state index is 12.6. The molecule has 3 N–H and O–H groups in total. The molecule has 1 aliphatic rings. The third-order valence-corrected chi connectivity index (χ3v) is 4.23. The largest absolute Gasteiger partial charge is 0.383 e. The third-order valence-electron chi connectivity index (χ3n) is 4.23. The van der Waals surface area contributed by atoms with Gasteiger partial charge in [-0.1, -0.05) is 25.5 Å². The Morgan fingerprint density at radius 2 is 2.17 bits per heavy atom. The van der Waals surface area contributed by atoms with Gasteiger partial charge in [0.25, 0.3) is 5.56 Å². The second-order valence-corrected chi connectivity index (χ2v) is 5.88. The van der Waals surface area contributed by atoms with Crippen molar-refractivity contribution in [2.45, 2.75) is 45.6 Å². The highest BCUT2D eigenvalue weighted by Gasteiger charge is 2.27. The zero-order chi connectivity index (χ0) is 17.0. The first kappa shape index (κ1) is 17.1. The van der Waals surface area contributed by atoms with Crippen molar-refractivity contribution in [3.05, 3.63) is 33.0 Å². The molecule has 0 spiro atoms. The van der Waals surface area contributed by atoms with Crippen LogP contribution >= 0.6 is 0 Å². The number of nitrogens with zero attached hydrogens (tertiary/aromatic N) is 2. The molecule has 1 aromatic heterocycles. The van der Waals surface area contributed by atoms with Gasteiger partial charge in [0.1, 0.15) is 5.82 Å². The van der Waals surface area contributed by atoms with Crippen molar-refractivity contribution < 1.29 is 4.79 Å². The first-order chi connectivity index (χ1) is 11.0. The Kier molecular flexibility index (Phi) is 5.41. The Bertz CT molecular complexity index is 717. The molecule has 0 saturated heterocycles. The molecule has 0 fully saturated rings. The van der Waals surface area contributed by atoms with Gasteiger partial charge in [-0.15, -0.1) is 0 Å². The van der Waals surface area contributed by atoms with E-state index < -0.39 is 11.2 Å². The van der Waals surface area contributed by atoms with Gasteiger partial charge in [-0.2, -0.15) is 0 Å². The highest BCUT2D eigenvalue weighted by atomic mass is 16.2. The lowest BCUT2D eigenvalue weighted by atomic mass is 9.93. The highest BCUT2D eigenvalue weighted by molar-refractivity contribution is 5.96. The van der Waals surface area contributed by atoms with Gasteiger partial charge in [-0.05, 0) is 25.7 Å². The first-order valence-electron chi connectivity index (χ1n) is 8.02. The van der Waals surface area contributed by atoms with Crippen LogP contribution in [0.2, 0.25) is 0 Å². The van der Waals surface area contributed by atoms with Gasteiger partial charge in [-0.3, -0.25) is 19.1 Å². The molecule has 1 aromatic rings. The molecule has 0 radical (unpaired) electrons. The number of nitrogens with two attached hydrogens (primary N) is 1. The Morgan fingerprint density at radius 3 is 2.78 bits per heavy atom. The van der Waals surface area contributed by atoms with Crippen molar-refractivity contribution in [3.63, 3.8) is 0 Å². The minimum Gasteiger partial charge on any atom is -0.383 e. The lowest BCUT2D eigenvalue weighted by Gasteiger charge is -2.25. The summed E-state index contributed by atoms with van der Waals surface area (Å²) in [4.78, 5) is 40.2. The van der Waals surface area contributed by atoms with Crippen LogP contribution < -0.4 is 21.9 Å². The summed E-state index contributed by atoms with van der Waals surface area (Å²) < 4.78 is 1.32. The standard InChI is InChI=1S/C16H24N4O3/c1-3-4-10-20-13(17)12(14(21)18-16(20)23)19(2)15(22)11-8-6-5-7-9-11/h5-6,11H,3-4,7-10,17H2,1-2H3,(H,18,21,23)/t11-/m0/s1. The van der Waals surface area contributed by atoms with Crippen LogP contribution in [0.15, 0.2) is 21.7 Å². The SMILES string of the molecule is CCCCn1c(N)c(N(C)C(=O)[C@H]2CC=CCC2)c(=O)[nH]c1=O. The number of nitrogen functional groups attached to an aromatic ring is 1. The van der Waals surface area contributed by atoms with E-state index in [1.807, 2.05) is 13.0 Å². The number of rotatable bonds is 5. The van der Waals surface area contributed by atoms with E-state index in [0.29, 0.717) is 13.0 Å². The Hall–Kier alpha value is -2.31. The molecule has 1 amide bonds. The van der Waals surface area contributed by atoms with E-state index in [9.17, 15) is 14.4 Å². The van der Waals surface area contributed by atoms with E-state index in [2.05, 4.69) is 11.1 Å². The fraction of sp³-hybridized carbons (Fsp3) is 0.562. The molecule has 0 saturated carbocycles. The quantitative estimate of drug-likeness (QED) is 0.797. The van der Waals surface area contributed by atoms with Crippen molar-refractivity contribution in [1.29, 1.82) is 0 Å². The maximum Gasteiger partial charge on any atom is 0.330 e. The number of amides is 1. The molecule has 0 aliphatic heterocycles. The van der Waals surface area contributed by atoms with Crippen molar-refractivity contribution in [2.75, 3.05) is 17.7 Å². The first-order valence-corrected chi connectivity index (χ1v) is 8.02. The molecule has 126 valence electrons. The summed E-state index contributed by atoms with van der Waals surface area (Å²) in [5, 5.41) is 0. The monoisotopic (exact) mass is 320 g/mol. The Morgan fingerprint density at radius 1 is 1.43 bits per heavy atom. The average Bonchev–Trinajstić information content (AvgIpc) is 2.54. The number of H-pyrrole nitrogens is 1. The number of carbonyl (C=O) groups excluding carboxylic acids is 1. The summed E-state index contributed by atoms with van der Waals surface area (Å²) in [6.45, 7) is 2.42. The lowest BCUT2D eigenvalue weighted by Crippen LogP contribution is -2.41. The Balaban J connectivity index is 2.37. The molecule has 7 heteroatoms. The van der Waals surface area contributed by atoms with Crippen LogP contribution in [0.1, 0.15) is 39.0 Å². The number of hydrogen-bond acceptors (Lipinski definition) is 4. The summed E-state index contributed by atoms with van der Waals surface area (Å²) in [7, 11) is 1.54. The number of carbonyl (C=O) groups is 1. The van der Waals surface area contributed by atoms with Crippen molar-refractivity contribution >= 4 is 17.4 Å². The molecule has 0 aromatic carbocycles. The normalized spacial score (nSPS) is 17.2. The van der Waals surface area contributed by atoms with Crippen LogP contribution in [-0.2, 0) is 11.3 Å². The van der Waals surface area contributed by atoms with Crippen molar-refractivity contribution in [1.82, 2.24) is 9.55 Å². The fourth-order valence-electron chi connectivity index (χ4n) is 2.84. The number of anilines is 2. The summed E-state index contributed by atoms with van der Waals surface area (Å²) in [5.74, 6) is -0.249. The van der Waals surface area contributed by atoms with E-state index >= 15 is 0 Å². The number of aromatic amines is 1. The molecule has 7 nitrogen and oxygen atoms in total. The fourth-order valence-corrected chi connectivity index (χ4v) is 2.84. The molecular formula is C16H24N4O3. The van der Waals surface area contributed by atoms with E-state index in [0.717, 1.165) is 25.7 Å². The van der Waals surface area contributed by atoms with E-state index in [-0.39, 0.29) is 23.3 Å². The minimum absolute atomic E-state index is 0.0504. The summed E-state index contributed by atoms with van der Waals surface area (Å²) in [5.41, 5.74) is 4.93. The van der Waals surface area contributed by atoms with Crippen LogP contribution in [0.3, 0.4) is 0 Å². The minimum atomic E-state index is -0.623. The number of hydrogen-bond donors (Lipinski definition) is 2. The maximum absolute atomic E-state index is 12.6. The second kappa shape index (κ2) is 7.30. The zero-order valence-corrected chi connectivity index (χ0v) is 13.7. The number of unbranched alkanes of at least 4 members (excludes halogenated alkanes) is 1. The van der Waals surface area contributed by atoms with Crippen molar-refractivity contribution in [3.8, 4) is 0 Å².